The first-order chi connectivity index (χ1) is 10.0. The molecule has 1 aromatic rings. The highest BCUT2D eigenvalue weighted by Gasteiger charge is 2.45. The lowest BCUT2D eigenvalue weighted by Gasteiger charge is -2.45. The zero-order valence-corrected chi connectivity index (χ0v) is 13.4. The average molecular weight is 291 g/mol. The molecule has 1 aromatic carbocycles. The summed E-state index contributed by atoms with van der Waals surface area (Å²) in [5, 5.41) is 11.2. The molecule has 21 heavy (non-hydrogen) atoms. The van der Waals surface area contributed by atoms with Gasteiger partial charge in [-0.25, -0.2) is 0 Å². The van der Waals surface area contributed by atoms with Crippen molar-refractivity contribution in [1.82, 2.24) is 0 Å². The molecular formula is C18H29NO2. The number of ether oxygens (including phenoxy) is 1. The van der Waals surface area contributed by atoms with Crippen LogP contribution in [-0.4, -0.2) is 24.4 Å². The molecule has 0 saturated heterocycles. The van der Waals surface area contributed by atoms with E-state index in [9.17, 15) is 5.11 Å². The molecule has 0 radical (unpaired) electrons. The summed E-state index contributed by atoms with van der Waals surface area (Å²) >= 11 is 0. The summed E-state index contributed by atoms with van der Waals surface area (Å²) in [5.74, 6) is 0.849. The van der Waals surface area contributed by atoms with Crippen LogP contribution < -0.4 is 10.5 Å². The maximum atomic E-state index is 11.2. The normalized spacial score (nSPS) is 21.3. The average Bonchev–Trinajstić information content (AvgIpc) is 2.74. The summed E-state index contributed by atoms with van der Waals surface area (Å²) in [5.41, 5.74) is 6.34. The number of benzene rings is 1. The van der Waals surface area contributed by atoms with Crippen molar-refractivity contribution in [2.24, 2.45) is 11.1 Å². The van der Waals surface area contributed by atoms with E-state index in [1.165, 1.54) is 25.7 Å². The molecule has 1 aliphatic carbocycles. The van der Waals surface area contributed by atoms with Gasteiger partial charge in [0.1, 0.15) is 5.75 Å². The molecule has 2 rings (SSSR count). The van der Waals surface area contributed by atoms with E-state index in [4.69, 9.17) is 10.5 Å². The molecule has 1 unspecified atom stereocenters. The molecule has 3 nitrogen and oxygen atoms in total. The van der Waals surface area contributed by atoms with Crippen molar-refractivity contribution in [3.8, 4) is 5.75 Å². The highest BCUT2D eigenvalue weighted by atomic mass is 16.5. The highest BCUT2D eigenvalue weighted by molar-refractivity contribution is 5.28. The monoisotopic (exact) mass is 291 g/mol. The van der Waals surface area contributed by atoms with Gasteiger partial charge in [0.05, 0.1) is 12.7 Å². The fraction of sp³-hybridized carbons (Fsp3) is 0.667. The molecule has 0 aliphatic heterocycles. The number of hydrogen-bond acceptors (Lipinski definition) is 3. The Hall–Kier alpha value is -1.06. The minimum atomic E-state index is -0.763. The van der Waals surface area contributed by atoms with Gasteiger partial charge >= 0.3 is 0 Å². The Balaban J connectivity index is 2.17. The Morgan fingerprint density at radius 2 is 1.71 bits per heavy atom. The van der Waals surface area contributed by atoms with Gasteiger partial charge < -0.3 is 15.6 Å². The Bertz CT molecular complexity index is 431. The third-order valence-corrected chi connectivity index (χ3v) is 5.30. The first kappa shape index (κ1) is 16.3. The van der Waals surface area contributed by atoms with Crippen molar-refractivity contribution >= 4 is 0 Å². The third kappa shape index (κ3) is 3.58. The SMILES string of the molecule is COc1ccc(CC(C)(O)C2(CN)CCCCCC2)cc1. The second-order valence-electron chi connectivity index (χ2n) is 6.70. The van der Waals surface area contributed by atoms with Crippen molar-refractivity contribution in [1.29, 1.82) is 0 Å². The van der Waals surface area contributed by atoms with Crippen LogP contribution in [-0.2, 0) is 6.42 Å². The number of methoxy groups -OCH3 is 1. The molecule has 1 saturated carbocycles. The smallest absolute Gasteiger partial charge is 0.118 e. The van der Waals surface area contributed by atoms with Gasteiger partial charge in [0.25, 0.3) is 0 Å². The van der Waals surface area contributed by atoms with Gasteiger partial charge in [-0.3, -0.25) is 0 Å². The second-order valence-corrected chi connectivity index (χ2v) is 6.70. The van der Waals surface area contributed by atoms with Gasteiger partial charge in [-0.1, -0.05) is 37.8 Å². The van der Waals surface area contributed by atoms with Crippen LogP contribution in [0.4, 0.5) is 0 Å². The maximum absolute atomic E-state index is 11.2. The van der Waals surface area contributed by atoms with Crippen LogP contribution in [0.2, 0.25) is 0 Å². The first-order valence-corrected chi connectivity index (χ1v) is 8.08. The Morgan fingerprint density at radius 3 is 2.19 bits per heavy atom. The maximum Gasteiger partial charge on any atom is 0.118 e. The molecule has 0 spiro atoms. The summed E-state index contributed by atoms with van der Waals surface area (Å²) in [6.45, 7) is 2.53. The van der Waals surface area contributed by atoms with Crippen LogP contribution in [0, 0.1) is 5.41 Å². The van der Waals surface area contributed by atoms with E-state index in [1.54, 1.807) is 7.11 Å². The zero-order valence-electron chi connectivity index (χ0n) is 13.4. The summed E-state index contributed by atoms with van der Waals surface area (Å²) in [6, 6.07) is 7.98. The Kier molecular flexibility index (Phi) is 5.28. The van der Waals surface area contributed by atoms with Crippen molar-refractivity contribution < 1.29 is 9.84 Å². The molecule has 0 amide bonds. The summed E-state index contributed by atoms with van der Waals surface area (Å²) < 4.78 is 5.19. The molecular weight excluding hydrogens is 262 g/mol. The van der Waals surface area contributed by atoms with Crippen LogP contribution >= 0.6 is 0 Å². The molecule has 3 heteroatoms. The van der Waals surface area contributed by atoms with Crippen LogP contribution in [0.3, 0.4) is 0 Å². The predicted octanol–water partition coefficient (Wildman–Crippen LogP) is 3.29. The van der Waals surface area contributed by atoms with E-state index in [-0.39, 0.29) is 5.41 Å². The Labute approximate surface area is 128 Å². The number of aliphatic hydroxyl groups is 1. The van der Waals surface area contributed by atoms with Crippen LogP contribution in [0.5, 0.6) is 5.75 Å². The fourth-order valence-electron chi connectivity index (χ4n) is 3.70. The Morgan fingerprint density at radius 1 is 1.14 bits per heavy atom. The summed E-state index contributed by atoms with van der Waals surface area (Å²) in [7, 11) is 1.67. The predicted molar refractivity (Wildman–Crippen MR) is 86.5 cm³/mol. The second kappa shape index (κ2) is 6.80. The van der Waals surface area contributed by atoms with Crippen molar-refractivity contribution in [3.05, 3.63) is 29.8 Å². The van der Waals surface area contributed by atoms with E-state index in [0.717, 1.165) is 24.2 Å². The van der Waals surface area contributed by atoms with E-state index in [2.05, 4.69) is 0 Å². The van der Waals surface area contributed by atoms with Crippen LogP contribution in [0.1, 0.15) is 51.0 Å². The van der Waals surface area contributed by atoms with E-state index < -0.39 is 5.60 Å². The molecule has 0 heterocycles. The molecule has 3 N–H and O–H groups in total. The van der Waals surface area contributed by atoms with Crippen LogP contribution in [0.15, 0.2) is 24.3 Å². The van der Waals surface area contributed by atoms with E-state index in [1.807, 2.05) is 31.2 Å². The molecule has 1 atom stereocenters. The zero-order chi connectivity index (χ0) is 15.3. The van der Waals surface area contributed by atoms with E-state index >= 15 is 0 Å². The minimum absolute atomic E-state index is 0.149. The highest BCUT2D eigenvalue weighted by Crippen LogP contribution is 2.44. The quantitative estimate of drug-likeness (QED) is 0.819. The summed E-state index contributed by atoms with van der Waals surface area (Å²) in [4.78, 5) is 0. The van der Waals surface area contributed by atoms with E-state index in [0.29, 0.717) is 13.0 Å². The largest absolute Gasteiger partial charge is 0.497 e. The van der Waals surface area contributed by atoms with Gasteiger partial charge in [0.15, 0.2) is 0 Å². The van der Waals surface area contributed by atoms with Crippen molar-refractivity contribution in [3.63, 3.8) is 0 Å². The van der Waals surface area contributed by atoms with Crippen molar-refractivity contribution in [2.45, 2.75) is 57.5 Å². The molecule has 1 fully saturated rings. The lowest BCUT2D eigenvalue weighted by Crippen LogP contribution is -2.52. The van der Waals surface area contributed by atoms with Gasteiger partial charge in [-0.2, -0.15) is 0 Å². The minimum Gasteiger partial charge on any atom is -0.497 e. The molecule has 0 bridgehead atoms. The fourth-order valence-corrected chi connectivity index (χ4v) is 3.70. The van der Waals surface area contributed by atoms with Gasteiger partial charge in [-0.05, 0) is 37.5 Å². The van der Waals surface area contributed by atoms with Crippen molar-refractivity contribution in [2.75, 3.05) is 13.7 Å². The standard InChI is InChI=1S/C18H29NO2/c1-17(20,13-15-7-9-16(21-2)10-8-15)18(14-19)11-5-3-4-6-12-18/h7-10,20H,3-6,11-14,19H2,1-2H3. The number of nitrogens with two attached hydrogens (primary N) is 1. The third-order valence-electron chi connectivity index (χ3n) is 5.30. The van der Waals surface area contributed by atoms with Gasteiger partial charge in [-0.15, -0.1) is 0 Å². The van der Waals surface area contributed by atoms with Crippen LogP contribution in [0.25, 0.3) is 0 Å². The summed E-state index contributed by atoms with van der Waals surface area (Å²) in [6.07, 6.45) is 7.60. The van der Waals surface area contributed by atoms with Gasteiger partial charge in [0.2, 0.25) is 0 Å². The van der Waals surface area contributed by atoms with Gasteiger partial charge in [0, 0.05) is 18.4 Å². The molecule has 0 aromatic heterocycles. The topological polar surface area (TPSA) is 55.5 Å². The molecule has 1 aliphatic rings. The first-order valence-electron chi connectivity index (χ1n) is 8.08. The lowest BCUT2D eigenvalue weighted by atomic mass is 9.65. The molecule has 118 valence electrons. The number of rotatable bonds is 5. The lowest BCUT2D eigenvalue weighted by molar-refractivity contribution is -0.0744. The number of hydrogen-bond donors (Lipinski definition) is 2.